The average Bonchev–Trinajstić information content (AvgIpc) is 2.02. The first-order valence-electron chi connectivity index (χ1n) is 3.19. The SMILES string of the molecule is O=[N+]([O-])c1cc(S(=O)(=O)O)c[c]c1O. The highest BCUT2D eigenvalue weighted by Gasteiger charge is 2.19. The maximum atomic E-state index is 10.6. The van der Waals surface area contributed by atoms with E-state index in [0.29, 0.717) is 6.07 Å². The first-order chi connectivity index (χ1) is 6.32. The Morgan fingerprint density at radius 3 is 2.50 bits per heavy atom. The van der Waals surface area contributed by atoms with Crippen LogP contribution in [0.4, 0.5) is 5.69 Å². The molecule has 0 atom stereocenters. The predicted molar refractivity (Wildman–Crippen MR) is 43.4 cm³/mol. The zero-order chi connectivity index (χ0) is 10.9. The fourth-order valence-corrected chi connectivity index (χ4v) is 1.21. The standard InChI is InChI=1S/C6H4NO6S/c8-6-2-1-4(14(11,12)13)3-5(6)7(9)10/h1,3,8H,(H,11,12,13). The van der Waals surface area contributed by atoms with E-state index in [1.165, 1.54) is 0 Å². The highest BCUT2D eigenvalue weighted by molar-refractivity contribution is 7.85. The summed E-state index contributed by atoms with van der Waals surface area (Å²) in [6.45, 7) is 0. The van der Waals surface area contributed by atoms with Crippen molar-refractivity contribution in [1.82, 2.24) is 0 Å². The van der Waals surface area contributed by atoms with E-state index < -0.39 is 31.4 Å². The lowest BCUT2D eigenvalue weighted by atomic mass is 10.3. The number of nitrogens with zero attached hydrogens (tertiary/aromatic N) is 1. The van der Waals surface area contributed by atoms with Gasteiger partial charge in [-0.05, 0) is 6.07 Å². The number of nitro groups is 1. The maximum Gasteiger partial charge on any atom is 0.312 e. The van der Waals surface area contributed by atoms with Gasteiger partial charge in [0.25, 0.3) is 10.1 Å². The third-order valence-corrected chi connectivity index (χ3v) is 2.20. The van der Waals surface area contributed by atoms with Gasteiger partial charge in [0.15, 0.2) is 0 Å². The molecule has 1 aromatic carbocycles. The van der Waals surface area contributed by atoms with E-state index in [9.17, 15) is 18.5 Å². The van der Waals surface area contributed by atoms with Crippen molar-refractivity contribution in [3.8, 4) is 5.75 Å². The molecule has 0 heterocycles. The molecular formula is C6H4NO6S. The number of rotatable bonds is 2. The summed E-state index contributed by atoms with van der Waals surface area (Å²) in [7, 11) is -4.52. The summed E-state index contributed by atoms with van der Waals surface area (Å²) in [5.74, 6) is -0.789. The fourth-order valence-electron chi connectivity index (χ4n) is 0.746. The van der Waals surface area contributed by atoms with Crippen LogP contribution in [0, 0.1) is 16.2 Å². The first-order valence-corrected chi connectivity index (χ1v) is 4.63. The fraction of sp³-hybridized carbons (Fsp3) is 0. The third-order valence-electron chi connectivity index (χ3n) is 1.37. The Hall–Kier alpha value is -1.67. The molecular weight excluding hydrogens is 214 g/mol. The van der Waals surface area contributed by atoms with Crippen molar-refractivity contribution in [2.75, 3.05) is 0 Å². The minimum atomic E-state index is -4.52. The van der Waals surface area contributed by atoms with Crippen molar-refractivity contribution in [1.29, 1.82) is 0 Å². The van der Waals surface area contributed by atoms with Crippen LogP contribution in [0.3, 0.4) is 0 Å². The summed E-state index contributed by atoms with van der Waals surface area (Å²) < 4.78 is 29.6. The van der Waals surface area contributed by atoms with Crippen molar-refractivity contribution in [2.45, 2.75) is 4.90 Å². The van der Waals surface area contributed by atoms with Gasteiger partial charge in [-0.2, -0.15) is 8.42 Å². The van der Waals surface area contributed by atoms with Crippen molar-refractivity contribution in [3.63, 3.8) is 0 Å². The van der Waals surface area contributed by atoms with Crippen molar-refractivity contribution < 1.29 is 23.0 Å². The molecule has 0 bridgehead atoms. The number of nitro benzene ring substituents is 1. The first kappa shape index (κ1) is 10.4. The molecule has 0 aromatic heterocycles. The van der Waals surface area contributed by atoms with Crippen LogP contribution in [-0.2, 0) is 10.1 Å². The highest BCUT2D eigenvalue weighted by Crippen LogP contribution is 2.27. The zero-order valence-electron chi connectivity index (χ0n) is 6.54. The molecule has 2 N–H and O–H groups in total. The van der Waals surface area contributed by atoms with Crippen LogP contribution in [0.1, 0.15) is 0 Å². The molecule has 0 fully saturated rings. The molecule has 1 rings (SSSR count). The molecule has 0 aliphatic rings. The maximum absolute atomic E-state index is 10.6. The second-order valence-corrected chi connectivity index (χ2v) is 3.72. The Kier molecular flexibility index (Phi) is 2.41. The average molecular weight is 218 g/mol. The summed E-state index contributed by atoms with van der Waals surface area (Å²) in [6, 6.07) is 3.21. The molecule has 0 aliphatic carbocycles. The molecule has 75 valence electrons. The number of hydrogen-bond acceptors (Lipinski definition) is 5. The van der Waals surface area contributed by atoms with Gasteiger partial charge in [-0.3, -0.25) is 14.7 Å². The van der Waals surface area contributed by atoms with E-state index in [4.69, 9.17) is 9.66 Å². The molecule has 0 saturated heterocycles. The predicted octanol–water partition coefficient (Wildman–Crippen LogP) is 0.347. The molecule has 8 heteroatoms. The van der Waals surface area contributed by atoms with E-state index in [-0.39, 0.29) is 0 Å². The smallest absolute Gasteiger partial charge is 0.312 e. The van der Waals surface area contributed by atoms with Gasteiger partial charge in [-0.25, -0.2) is 0 Å². The van der Waals surface area contributed by atoms with Crippen LogP contribution in [0.5, 0.6) is 5.75 Å². The lowest BCUT2D eigenvalue weighted by molar-refractivity contribution is -0.386. The van der Waals surface area contributed by atoms with Crippen LogP contribution >= 0.6 is 0 Å². The molecule has 0 unspecified atom stereocenters. The monoisotopic (exact) mass is 218 g/mol. The Morgan fingerprint density at radius 1 is 1.50 bits per heavy atom. The van der Waals surface area contributed by atoms with Gasteiger partial charge in [-0.15, -0.1) is 0 Å². The number of benzene rings is 1. The van der Waals surface area contributed by atoms with Gasteiger partial charge in [0, 0.05) is 12.1 Å². The van der Waals surface area contributed by atoms with E-state index in [0.717, 1.165) is 6.07 Å². The van der Waals surface area contributed by atoms with Crippen LogP contribution < -0.4 is 0 Å². The van der Waals surface area contributed by atoms with E-state index >= 15 is 0 Å². The topological polar surface area (TPSA) is 118 Å². The lowest BCUT2D eigenvalue weighted by Gasteiger charge is -1.97. The zero-order valence-corrected chi connectivity index (χ0v) is 7.35. The molecule has 0 saturated carbocycles. The highest BCUT2D eigenvalue weighted by atomic mass is 32.2. The summed E-state index contributed by atoms with van der Waals surface area (Å²) in [6.07, 6.45) is 0. The summed E-state index contributed by atoms with van der Waals surface area (Å²) in [5.41, 5.74) is -0.833. The van der Waals surface area contributed by atoms with Crippen LogP contribution in [0.2, 0.25) is 0 Å². The summed E-state index contributed by atoms with van der Waals surface area (Å²) in [4.78, 5) is 8.57. The molecule has 0 spiro atoms. The molecule has 1 aromatic rings. The minimum Gasteiger partial charge on any atom is -0.502 e. The lowest BCUT2D eigenvalue weighted by Crippen LogP contribution is -1.99. The van der Waals surface area contributed by atoms with Gasteiger partial charge in [0.2, 0.25) is 5.75 Å². The second kappa shape index (κ2) is 3.24. The molecule has 1 radical (unpaired) electrons. The van der Waals surface area contributed by atoms with E-state index in [1.807, 2.05) is 6.07 Å². The van der Waals surface area contributed by atoms with Crippen LogP contribution in [0.25, 0.3) is 0 Å². The van der Waals surface area contributed by atoms with Crippen LogP contribution in [0.15, 0.2) is 17.0 Å². The van der Waals surface area contributed by atoms with Crippen molar-refractivity contribution in [3.05, 3.63) is 28.3 Å². The Labute approximate surface area is 78.5 Å². The normalized spacial score (nSPS) is 11.2. The van der Waals surface area contributed by atoms with E-state index in [2.05, 4.69) is 0 Å². The van der Waals surface area contributed by atoms with Crippen LogP contribution in [-0.4, -0.2) is 23.0 Å². The Bertz CT molecular complexity index is 479. The molecule has 0 amide bonds. The third kappa shape index (κ3) is 1.98. The Morgan fingerprint density at radius 2 is 2.07 bits per heavy atom. The van der Waals surface area contributed by atoms with Crippen molar-refractivity contribution >= 4 is 15.8 Å². The van der Waals surface area contributed by atoms with Gasteiger partial charge >= 0.3 is 5.69 Å². The van der Waals surface area contributed by atoms with Gasteiger partial charge in [-0.1, -0.05) is 0 Å². The minimum absolute atomic E-state index is 0.543. The van der Waals surface area contributed by atoms with Crippen molar-refractivity contribution in [2.24, 2.45) is 0 Å². The van der Waals surface area contributed by atoms with Gasteiger partial charge in [0.05, 0.1) is 4.92 Å². The quantitative estimate of drug-likeness (QED) is 0.420. The van der Waals surface area contributed by atoms with E-state index in [1.54, 1.807) is 0 Å². The molecule has 14 heavy (non-hydrogen) atoms. The number of aromatic hydroxyl groups is 1. The second-order valence-electron chi connectivity index (χ2n) is 2.30. The number of hydrogen-bond donors (Lipinski definition) is 2. The van der Waals surface area contributed by atoms with Gasteiger partial charge < -0.3 is 5.11 Å². The summed E-state index contributed by atoms with van der Waals surface area (Å²) >= 11 is 0. The molecule has 7 nitrogen and oxygen atoms in total. The van der Waals surface area contributed by atoms with Gasteiger partial charge in [0.1, 0.15) is 4.90 Å². The number of phenolic OH excluding ortho intramolecular Hbond substituents is 1. The molecule has 0 aliphatic heterocycles. The number of phenols is 1. The largest absolute Gasteiger partial charge is 0.502 e. The Balaban J connectivity index is 3.42. The summed E-state index contributed by atoms with van der Waals surface area (Å²) in [5, 5.41) is 19.1.